The smallest absolute Gasteiger partial charge is 0.268 e. The number of thiazole rings is 1. The highest BCUT2D eigenvalue weighted by Gasteiger charge is 2.23. The topological polar surface area (TPSA) is 138 Å². The van der Waals surface area contributed by atoms with Gasteiger partial charge in [-0.2, -0.15) is 0 Å². The van der Waals surface area contributed by atoms with Crippen molar-refractivity contribution in [3.05, 3.63) is 69.3 Å². The van der Waals surface area contributed by atoms with Crippen LogP contribution in [0, 0.1) is 12.7 Å². The number of halogens is 2. The molecule has 0 unspecified atom stereocenters. The largest absolute Gasteiger partial charge is 0.409 e. The Morgan fingerprint density at radius 2 is 2.12 bits per heavy atom. The quantitative estimate of drug-likeness (QED) is 0.154. The summed E-state index contributed by atoms with van der Waals surface area (Å²) in [4.78, 5) is 21.7. The predicted molar refractivity (Wildman–Crippen MR) is 118 cm³/mol. The minimum Gasteiger partial charge on any atom is -0.409 e. The summed E-state index contributed by atoms with van der Waals surface area (Å²) in [7, 11) is 0. The third kappa shape index (κ3) is 4.48. The maximum Gasteiger partial charge on any atom is 0.268 e. The standard InChI is InChI=1S/C19H13BrFN7O3S/c1-9-15(32-19(23-9)10-3-2-6-22-8-10)18(29)25-17-14(27-31-28-17)16(26-30)24-11-4-5-13(21)12(20)7-11/h2-8,30H,1H3,(H,24,26)(H,25,28,29). The maximum absolute atomic E-state index is 13.5. The van der Waals surface area contributed by atoms with Crippen LogP contribution in [0.15, 0.2) is 57.0 Å². The third-order valence-electron chi connectivity index (χ3n) is 4.14. The van der Waals surface area contributed by atoms with Gasteiger partial charge >= 0.3 is 0 Å². The van der Waals surface area contributed by atoms with E-state index in [0.29, 0.717) is 21.3 Å². The van der Waals surface area contributed by atoms with Gasteiger partial charge in [-0.15, -0.1) is 11.3 Å². The summed E-state index contributed by atoms with van der Waals surface area (Å²) in [6.45, 7) is 1.71. The highest BCUT2D eigenvalue weighted by atomic mass is 79.9. The third-order valence-corrected chi connectivity index (χ3v) is 5.95. The Kier molecular flexibility index (Phi) is 6.18. The number of aromatic nitrogens is 4. The average molecular weight is 518 g/mol. The van der Waals surface area contributed by atoms with Crippen molar-refractivity contribution in [2.24, 2.45) is 5.16 Å². The van der Waals surface area contributed by atoms with Crippen LogP contribution in [-0.2, 0) is 0 Å². The van der Waals surface area contributed by atoms with E-state index in [1.165, 1.54) is 29.5 Å². The fraction of sp³-hybridized carbons (Fsp3) is 0.0526. The zero-order chi connectivity index (χ0) is 22.7. The normalized spacial score (nSPS) is 11.4. The van der Waals surface area contributed by atoms with E-state index >= 15 is 0 Å². The number of nitrogens with zero attached hydrogens (tertiary/aromatic N) is 5. The molecule has 0 aliphatic heterocycles. The number of oxime groups is 1. The Labute approximate surface area is 192 Å². The van der Waals surface area contributed by atoms with Gasteiger partial charge < -0.3 is 15.8 Å². The highest BCUT2D eigenvalue weighted by molar-refractivity contribution is 9.10. The molecule has 0 aliphatic carbocycles. The van der Waals surface area contributed by atoms with Gasteiger partial charge in [0.1, 0.15) is 15.7 Å². The number of amides is 1. The molecule has 4 rings (SSSR count). The second-order valence-corrected chi connectivity index (χ2v) is 8.15. The van der Waals surface area contributed by atoms with Gasteiger partial charge in [0.2, 0.25) is 11.7 Å². The van der Waals surface area contributed by atoms with Crippen molar-refractivity contribution in [1.29, 1.82) is 0 Å². The fourth-order valence-electron chi connectivity index (χ4n) is 2.65. The Morgan fingerprint density at radius 3 is 2.84 bits per heavy atom. The van der Waals surface area contributed by atoms with Crippen molar-refractivity contribution in [3.8, 4) is 10.6 Å². The van der Waals surface area contributed by atoms with Crippen molar-refractivity contribution < 1.29 is 19.0 Å². The molecule has 13 heteroatoms. The van der Waals surface area contributed by atoms with E-state index in [0.717, 1.165) is 5.56 Å². The minimum atomic E-state index is -0.492. The number of anilines is 2. The van der Waals surface area contributed by atoms with E-state index in [4.69, 9.17) is 4.63 Å². The van der Waals surface area contributed by atoms with E-state index in [1.54, 1.807) is 25.4 Å². The highest BCUT2D eigenvalue weighted by Crippen LogP contribution is 2.28. The first-order valence-electron chi connectivity index (χ1n) is 8.92. The average Bonchev–Trinajstić information content (AvgIpc) is 3.41. The summed E-state index contributed by atoms with van der Waals surface area (Å²) in [6, 6.07) is 7.71. The molecule has 1 aromatic carbocycles. The van der Waals surface area contributed by atoms with Gasteiger partial charge in [0.05, 0.1) is 10.2 Å². The van der Waals surface area contributed by atoms with Crippen molar-refractivity contribution in [2.45, 2.75) is 6.92 Å². The van der Waals surface area contributed by atoms with Gasteiger partial charge in [-0.05, 0) is 63.5 Å². The van der Waals surface area contributed by atoms with Crippen LogP contribution in [0.1, 0.15) is 21.1 Å². The van der Waals surface area contributed by atoms with Crippen LogP contribution in [-0.4, -0.2) is 37.2 Å². The number of aryl methyl sites for hydroxylation is 1. The number of carbonyl (C=O) groups excluding carboxylic acids is 1. The number of carbonyl (C=O) groups is 1. The van der Waals surface area contributed by atoms with Crippen molar-refractivity contribution >= 4 is 50.5 Å². The molecule has 0 saturated carbocycles. The SMILES string of the molecule is Cc1nc(-c2cccnc2)sc1C(=O)Nc1nonc1C(=NO)Nc1ccc(F)c(Br)c1. The summed E-state index contributed by atoms with van der Waals surface area (Å²) in [5.41, 5.74) is 1.64. The van der Waals surface area contributed by atoms with E-state index in [9.17, 15) is 14.4 Å². The lowest BCUT2D eigenvalue weighted by molar-refractivity contribution is 0.102. The maximum atomic E-state index is 13.5. The van der Waals surface area contributed by atoms with Crippen LogP contribution < -0.4 is 10.6 Å². The zero-order valence-corrected chi connectivity index (χ0v) is 18.6. The molecule has 3 heterocycles. The summed E-state index contributed by atoms with van der Waals surface area (Å²) >= 11 is 4.27. The van der Waals surface area contributed by atoms with Crippen LogP contribution in [0.4, 0.5) is 15.9 Å². The number of benzene rings is 1. The van der Waals surface area contributed by atoms with Crippen molar-refractivity contribution in [1.82, 2.24) is 20.3 Å². The van der Waals surface area contributed by atoms with Gasteiger partial charge in [-0.25, -0.2) is 14.0 Å². The van der Waals surface area contributed by atoms with Crippen molar-refractivity contribution in [3.63, 3.8) is 0 Å². The van der Waals surface area contributed by atoms with E-state index in [1.807, 2.05) is 6.07 Å². The summed E-state index contributed by atoms with van der Waals surface area (Å²) in [6.07, 6.45) is 3.30. The van der Waals surface area contributed by atoms with Crippen LogP contribution >= 0.6 is 27.3 Å². The Bertz CT molecular complexity index is 1310. The minimum absolute atomic E-state index is 0.0593. The van der Waals surface area contributed by atoms with Crippen LogP contribution in [0.3, 0.4) is 0 Å². The molecule has 3 aromatic heterocycles. The second kappa shape index (κ2) is 9.20. The molecule has 0 radical (unpaired) electrons. The Hall–Kier alpha value is -3.71. The molecule has 0 aliphatic rings. The van der Waals surface area contributed by atoms with Crippen LogP contribution in [0.2, 0.25) is 0 Å². The first kappa shape index (κ1) is 21.5. The molecular weight excluding hydrogens is 505 g/mol. The van der Waals surface area contributed by atoms with Crippen molar-refractivity contribution in [2.75, 3.05) is 10.6 Å². The molecule has 10 nitrogen and oxygen atoms in total. The Morgan fingerprint density at radius 1 is 1.28 bits per heavy atom. The summed E-state index contributed by atoms with van der Waals surface area (Å²) in [5.74, 6) is -1.20. The predicted octanol–water partition coefficient (Wildman–Crippen LogP) is 4.30. The molecular formula is C19H13BrFN7O3S. The molecule has 0 spiro atoms. The van der Waals surface area contributed by atoms with Crippen LogP contribution in [0.25, 0.3) is 10.6 Å². The van der Waals surface area contributed by atoms with Gasteiger partial charge in [-0.1, -0.05) is 5.16 Å². The van der Waals surface area contributed by atoms with E-state index in [2.05, 4.69) is 52.0 Å². The van der Waals surface area contributed by atoms with Crippen LogP contribution in [0.5, 0.6) is 0 Å². The zero-order valence-electron chi connectivity index (χ0n) is 16.2. The van der Waals surface area contributed by atoms with E-state index in [-0.39, 0.29) is 21.8 Å². The monoisotopic (exact) mass is 517 g/mol. The molecule has 0 atom stereocenters. The van der Waals surface area contributed by atoms with Gasteiger partial charge in [-0.3, -0.25) is 9.78 Å². The first-order chi connectivity index (χ1) is 15.5. The molecule has 0 bridgehead atoms. The van der Waals surface area contributed by atoms with E-state index < -0.39 is 11.7 Å². The molecule has 1 amide bonds. The lowest BCUT2D eigenvalue weighted by Crippen LogP contribution is -2.19. The molecule has 0 saturated heterocycles. The number of rotatable bonds is 5. The summed E-state index contributed by atoms with van der Waals surface area (Å²) in [5, 5.41) is 25.9. The lowest BCUT2D eigenvalue weighted by atomic mass is 10.3. The first-order valence-corrected chi connectivity index (χ1v) is 10.5. The second-order valence-electron chi connectivity index (χ2n) is 6.29. The molecule has 0 fully saturated rings. The summed E-state index contributed by atoms with van der Waals surface area (Å²) < 4.78 is 18.4. The molecule has 4 aromatic rings. The fourth-order valence-corrected chi connectivity index (χ4v) is 3.98. The lowest BCUT2D eigenvalue weighted by Gasteiger charge is -2.08. The van der Waals surface area contributed by atoms with Gasteiger partial charge in [0.25, 0.3) is 5.91 Å². The number of amidine groups is 1. The Balaban J connectivity index is 1.55. The molecule has 162 valence electrons. The number of nitrogens with one attached hydrogen (secondary N) is 2. The van der Waals surface area contributed by atoms with Gasteiger partial charge in [0.15, 0.2) is 5.69 Å². The molecule has 3 N–H and O–H groups in total. The number of pyridine rings is 1. The van der Waals surface area contributed by atoms with Gasteiger partial charge in [0, 0.05) is 23.6 Å². The number of hydrogen-bond acceptors (Lipinski definition) is 9. The number of hydrogen-bond donors (Lipinski definition) is 3. The molecule has 32 heavy (non-hydrogen) atoms.